The number of benzene rings is 1. The molecule has 2 nitrogen and oxygen atoms in total. The third kappa shape index (κ3) is 2.77. The molecule has 1 heterocycles. The van der Waals surface area contributed by atoms with Crippen LogP contribution in [-0.4, -0.2) is 4.98 Å². The second kappa shape index (κ2) is 5.19. The Morgan fingerprint density at radius 2 is 1.94 bits per heavy atom. The summed E-state index contributed by atoms with van der Waals surface area (Å²) in [6.07, 6.45) is 1.79. The van der Waals surface area contributed by atoms with Gasteiger partial charge in [-0.1, -0.05) is 29.8 Å². The Labute approximate surface area is 107 Å². The van der Waals surface area contributed by atoms with Crippen molar-refractivity contribution in [3.8, 4) is 0 Å². The zero-order valence-electron chi connectivity index (χ0n) is 9.94. The molecule has 0 aliphatic heterocycles. The largest absolute Gasteiger partial charge is 0.377 e. The Bertz CT molecular complexity index is 511. The fourth-order valence-corrected chi connectivity index (χ4v) is 2.07. The highest BCUT2D eigenvalue weighted by Crippen LogP contribution is 2.26. The van der Waals surface area contributed by atoms with Crippen LogP contribution in [0.3, 0.4) is 0 Å². The molecule has 0 aliphatic rings. The standard InChI is InChI=1S/C14H15ClN2/c1-10(12-6-3-4-7-13(12)15)17-14-8-5-9-16-11(14)2/h3-10,17H,1-2H3. The van der Waals surface area contributed by atoms with Gasteiger partial charge in [0.05, 0.1) is 17.4 Å². The van der Waals surface area contributed by atoms with Crippen molar-refractivity contribution in [1.29, 1.82) is 0 Å². The minimum absolute atomic E-state index is 0.159. The van der Waals surface area contributed by atoms with Gasteiger partial charge in [-0.3, -0.25) is 4.98 Å². The summed E-state index contributed by atoms with van der Waals surface area (Å²) in [5, 5.41) is 4.21. The van der Waals surface area contributed by atoms with E-state index in [0.29, 0.717) is 0 Å². The zero-order chi connectivity index (χ0) is 12.3. The lowest BCUT2D eigenvalue weighted by molar-refractivity contribution is 0.879. The fourth-order valence-electron chi connectivity index (χ4n) is 1.77. The van der Waals surface area contributed by atoms with Crippen LogP contribution in [0.2, 0.25) is 5.02 Å². The van der Waals surface area contributed by atoms with Crippen LogP contribution in [0.4, 0.5) is 5.69 Å². The minimum atomic E-state index is 0.159. The first-order chi connectivity index (χ1) is 8.18. The maximum Gasteiger partial charge on any atom is 0.0603 e. The number of aromatic nitrogens is 1. The van der Waals surface area contributed by atoms with Gasteiger partial charge in [0.1, 0.15) is 0 Å². The number of aryl methyl sites for hydroxylation is 1. The topological polar surface area (TPSA) is 24.9 Å². The highest BCUT2D eigenvalue weighted by atomic mass is 35.5. The molecular weight excluding hydrogens is 232 g/mol. The molecule has 3 heteroatoms. The van der Waals surface area contributed by atoms with Crippen molar-refractivity contribution in [1.82, 2.24) is 4.98 Å². The molecule has 0 radical (unpaired) electrons. The second-order valence-corrected chi connectivity index (χ2v) is 4.43. The molecule has 0 saturated carbocycles. The van der Waals surface area contributed by atoms with Crippen LogP contribution < -0.4 is 5.32 Å². The van der Waals surface area contributed by atoms with E-state index in [9.17, 15) is 0 Å². The van der Waals surface area contributed by atoms with Crippen LogP contribution in [0, 0.1) is 6.92 Å². The number of hydrogen-bond donors (Lipinski definition) is 1. The van der Waals surface area contributed by atoms with Crippen molar-refractivity contribution < 1.29 is 0 Å². The number of nitrogens with zero attached hydrogens (tertiary/aromatic N) is 1. The average molecular weight is 247 g/mol. The van der Waals surface area contributed by atoms with Crippen molar-refractivity contribution in [2.24, 2.45) is 0 Å². The van der Waals surface area contributed by atoms with Crippen molar-refractivity contribution in [3.63, 3.8) is 0 Å². The van der Waals surface area contributed by atoms with Gasteiger partial charge in [0.2, 0.25) is 0 Å². The van der Waals surface area contributed by atoms with Gasteiger partial charge in [0.25, 0.3) is 0 Å². The number of anilines is 1. The normalized spacial score (nSPS) is 12.2. The maximum atomic E-state index is 6.17. The Kier molecular flexibility index (Phi) is 3.64. The number of hydrogen-bond acceptors (Lipinski definition) is 2. The summed E-state index contributed by atoms with van der Waals surface area (Å²) in [5.41, 5.74) is 3.13. The predicted molar refractivity (Wildman–Crippen MR) is 72.5 cm³/mol. The first kappa shape index (κ1) is 11.9. The molecular formula is C14H15ClN2. The SMILES string of the molecule is Cc1ncccc1NC(C)c1ccccc1Cl. The Morgan fingerprint density at radius 3 is 2.65 bits per heavy atom. The van der Waals surface area contributed by atoms with Gasteiger partial charge in [-0.25, -0.2) is 0 Å². The summed E-state index contributed by atoms with van der Waals surface area (Å²) in [6.45, 7) is 4.08. The lowest BCUT2D eigenvalue weighted by Gasteiger charge is -2.17. The first-order valence-corrected chi connectivity index (χ1v) is 5.99. The van der Waals surface area contributed by atoms with Gasteiger partial charge in [-0.15, -0.1) is 0 Å². The lowest BCUT2D eigenvalue weighted by Crippen LogP contribution is -2.08. The third-order valence-corrected chi connectivity index (χ3v) is 3.09. The van der Waals surface area contributed by atoms with Crippen molar-refractivity contribution in [2.45, 2.75) is 19.9 Å². The molecule has 0 spiro atoms. The Hall–Kier alpha value is -1.54. The van der Waals surface area contributed by atoms with Crippen LogP contribution in [0.25, 0.3) is 0 Å². The molecule has 0 saturated heterocycles. The molecule has 0 fully saturated rings. The molecule has 0 amide bonds. The quantitative estimate of drug-likeness (QED) is 0.877. The Balaban J connectivity index is 2.20. The summed E-state index contributed by atoms with van der Waals surface area (Å²) in [6, 6.07) is 12.0. The van der Waals surface area contributed by atoms with Crippen LogP contribution in [-0.2, 0) is 0 Å². The number of halogens is 1. The van der Waals surface area contributed by atoms with E-state index in [-0.39, 0.29) is 6.04 Å². The summed E-state index contributed by atoms with van der Waals surface area (Å²) in [5.74, 6) is 0. The smallest absolute Gasteiger partial charge is 0.0603 e. The molecule has 1 unspecified atom stereocenters. The van der Waals surface area contributed by atoms with Gasteiger partial charge < -0.3 is 5.32 Å². The van der Waals surface area contributed by atoms with Gasteiger partial charge in [-0.05, 0) is 37.6 Å². The molecule has 1 N–H and O–H groups in total. The van der Waals surface area contributed by atoms with Crippen LogP contribution in [0.5, 0.6) is 0 Å². The summed E-state index contributed by atoms with van der Waals surface area (Å²) in [7, 11) is 0. The Morgan fingerprint density at radius 1 is 1.18 bits per heavy atom. The summed E-state index contributed by atoms with van der Waals surface area (Å²) in [4.78, 5) is 4.25. The number of rotatable bonds is 3. The van der Waals surface area contributed by atoms with Crippen LogP contribution in [0.15, 0.2) is 42.6 Å². The van der Waals surface area contributed by atoms with Crippen molar-refractivity contribution in [3.05, 3.63) is 58.9 Å². The molecule has 2 aromatic rings. The summed E-state index contributed by atoms with van der Waals surface area (Å²) >= 11 is 6.17. The third-order valence-electron chi connectivity index (χ3n) is 2.75. The number of pyridine rings is 1. The van der Waals surface area contributed by atoms with E-state index in [0.717, 1.165) is 22.0 Å². The second-order valence-electron chi connectivity index (χ2n) is 4.02. The molecule has 88 valence electrons. The fraction of sp³-hybridized carbons (Fsp3) is 0.214. The van der Waals surface area contributed by atoms with E-state index in [1.54, 1.807) is 6.20 Å². The van der Waals surface area contributed by atoms with E-state index < -0.39 is 0 Å². The highest BCUT2D eigenvalue weighted by molar-refractivity contribution is 6.31. The molecule has 2 rings (SSSR count). The predicted octanol–water partition coefficient (Wildman–Crippen LogP) is 4.22. The van der Waals surface area contributed by atoms with Crippen LogP contribution in [0.1, 0.15) is 24.2 Å². The molecule has 0 aliphatic carbocycles. The summed E-state index contributed by atoms with van der Waals surface area (Å²) < 4.78 is 0. The van der Waals surface area contributed by atoms with Gasteiger partial charge >= 0.3 is 0 Å². The minimum Gasteiger partial charge on any atom is -0.377 e. The van der Waals surface area contributed by atoms with Crippen LogP contribution >= 0.6 is 11.6 Å². The lowest BCUT2D eigenvalue weighted by atomic mass is 10.1. The zero-order valence-corrected chi connectivity index (χ0v) is 10.7. The maximum absolute atomic E-state index is 6.17. The molecule has 17 heavy (non-hydrogen) atoms. The molecule has 1 aromatic heterocycles. The van der Waals surface area contributed by atoms with Crippen molar-refractivity contribution >= 4 is 17.3 Å². The average Bonchev–Trinajstić information content (AvgIpc) is 2.32. The van der Waals surface area contributed by atoms with E-state index in [1.165, 1.54) is 0 Å². The van der Waals surface area contributed by atoms with E-state index in [1.807, 2.05) is 43.3 Å². The number of nitrogens with one attached hydrogen (secondary N) is 1. The monoisotopic (exact) mass is 246 g/mol. The first-order valence-electron chi connectivity index (χ1n) is 5.61. The van der Waals surface area contributed by atoms with Gasteiger partial charge in [0, 0.05) is 11.2 Å². The van der Waals surface area contributed by atoms with Gasteiger partial charge in [-0.2, -0.15) is 0 Å². The highest BCUT2D eigenvalue weighted by Gasteiger charge is 2.09. The van der Waals surface area contributed by atoms with Crippen molar-refractivity contribution in [2.75, 3.05) is 5.32 Å². The molecule has 1 aromatic carbocycles. The molecule has 1 atom stereocenters. The van der Waals surface area contributed by atoms with E-state index in [4.69, 9.17) is 11.6 Å². The van der Waals surface area contributed by atoms with Gasteiger partial charge in [0.15, 0.2) is 0 Å². The van der Waals surface area contributed by atoms with E-state index in [2.05, 4.69) is 17.2 Å². The molecule has 0 bridgehead atoms. The van der Waals surface area contributed by atoms with E-state index >= 15 is 0 Å².